The van der Waals surface area contributed by atoms with Crippen molar-refractivity contribution in [2.75, 3.05) is 6.54 Å². The zero-order valence-corrected chi connectivity index (χ0v) is 11.7. The number of nitrogens with zero attached hydrogens (tertiary/aromatic N) is 2. The summed E-state index contributed by atoms with van der Waals surface area (Å²) in [7, 11) is 1.94. The number of nitrogens with one attached hydrogen (secondary N) is 1. The SMILES string of the molecule is Cc1nn(C)cc1CNCC1(O)CCCC(C)C1. The van der Waals surface area contributed by atoms with Crippen LogP contribution in [0.2, 0.25) is 0 Å². The lowest BCUT2D eigenvalue weighted by atomic mass is 9.79. The van der Waals surface area contributed by atoms with Crippen molar-refractivity contribution in [2.45, 2.75) is 51.7 Å². The zero-order chi connectivity index (χ0) is 13.2. The van der Waals surface area contributed by atoms with Crippen LogP contribution in [0.3, 0.4) is 0 Å². The van der Waals surface area contributed by atoms with Gasteiger partial charge >= 0.3 is 0 Å². The number of aryl methyl sites for hydroxylation is 2. The normalized spacial score (nSPS) is 28.6. The van der Waals surface area contributed by atoms with Gasteiger partial charge in [-0.25, -0.2) is 0 Å². The van der Waals surface area contributed by atoms with Crippen molar-refractivity contribution in [1.82, 2.24) is 15.1 Å². The molecule has 0 bridgehead atoms. The summed E-state index contributed by atoms with van der Waals surface area (Å²) in [6.45, 7) is 5.73. The zero-order valence-electron chi connectivity index (χ0n) is 11.7. The summed E-state index contributed by atoms with van der Waals surface area (Å²) >= 11 is 0. The van der Waals surface area contributed by atoms with Crippen LogP contribution in [0.1, 0.15) is 43.9 Å². The first kappa shape index (κ1) is 13.6. The second-order valence-corrected chi connectivity index (χ2v) is 5.94. The van der Waals surface area contributed by atoms with Gasteiger partial charge in [-0.1, -0.05) is 19.8 Å². The molecule has 1 fully saturated rings. The molecule has 18 heavy (non-hydrogen) atoms. The molecule has 0 radical (unpaired) electrons. The largest absolute Gasteiger partial charge is 0.389 e. The average Bonchev–Trinajstić information content (AvgIpc) is 2.57. The van der Waals surface area contributed by atoms with Crippen molar-refractivity contribution in [3.8, 4) is 0 Å². The first-order valence-corrected chi connectivity index (χ1v) is 6.91. The number of hydrogen-bond donors (Lipinski definition) is 2. The van der Waals surface area contributed by atoms with E-state index in [0.29, 0.717) is 12.5 Å². The quantitative estimate of drug-likeness (QED) is 0.857. The maximum Gasteiger partial charge on any atom is 0.0774 e. The monoisotopic (exact) mass is 251 g/mol. The minimum absolute atomic E-state index is 0.506. The molecule has 2 rings (SSSR count). The number of hydrogen-bond acceptors (Lipinski definition) is 3. The van der Waals surface area contributed by atoms with Crippen molar-refractivity contribution in [2.24, 2.45) is 13.0 Å². The molecule has 102 valence electrons. The van der Waals surface area contributed by atoms with Gasteiger partial charge in [0.2, 0.25) is 0 Å². The Hall–Kier alpha value is -0.870. The first-order chi connectivity index (χ1) is 8.48. The van der Waals surface area contributed by atoms with Gasteiger partial charge in [0.25, 0.3) is 0 Å². The Labute approximate surface area is 109 Å². The second-order valence-electron chi connectivity index (χ2n) is 5.94. The summed E-state index contributed by atoms with van der Waals surface area (Å²) in [6.07, 6.45) is 6.29. The van der Waals surface area contributed by atoms with Gasteiger partial charge in [-0.05, 0) is 25.7 Å². The molecule has 2 N–H and O–H groups in total. The summed E-state index contributed by atoms with van der Waals surface area (Å²) < 4.78 is 1.84. The molecule has 1 heterocycles. The molecule has 1 aliphatic carbocycles. The van der Waals surface area contributed by atoms with E-state index in [1.54, 1.807) is 0 Å². The Morgan fingerprint density at radius 3 is 3.00 bits per heavy atom. The van der Waals surface area contributed by atoms with Gasteiger partial charge in [0.1, 0.15) is 0 Å². The lowest BCUT2D eigenvalue weighted by Gasteiger charge is -2.35. The Bertz CT molecular complexity index is 402. The highest BCUT2D eigenvalue weighted by Gasteiger charge is 2.32. The van der Waals surface area contributed by atoms with Gasteiger partial charge in [-0.3, -0.25) is 4.68 Å². The van der Waals surface area contributed by atoms with E-state index in [1.165, 1.54) is 12.0 Å². The summed E-state index contributed by atoms with van der Waals surface area (Å²) in [6, 6.07) is 0. The Morgan fingerprint density at radius 2 is 2.39 bits per heavy atom. The van der Waals surface area contributed by atoms with Gasteiger partial charge in [0.05, 0.1) is 11.3 Å². The third kappa shape index (κ3) is 3.33. The van der Waals surface area contributed by atoms with Gasteiger partial charge in [-0.15, -0.1) is 0 Å². The minimum atomic E-state index is -0.506. The fourth-order valence-corrected chi connectivity index (χ4v) is 3.04. The van der Waals surface area contributed by atoms with Crippen molar-refractivity contribution in [1.29, 1.82) is 0 Å². The van der Waals surface area contributed by atoms with Crippen molar-refractivity contribution >= 4 is 0 Å². The highest BCUT2D eigenvalue weighted by molar-refractivity contribution is 5.14. The molecule has 1 aromatic rings. The van der Waals surface area contributed by atoms with Crippen LogP contribution in [0.4, 0.5) is 0 Å². The molecular weight excluding hydrogens is 226 g/mol. The van der Waals surface area contributed by atoms with E-state index in [0.717, 1.165) is 31.5 Å². The van der Waals surface area contributed by atoms with Crippen LogP contribution in [-0.2, 0) is 13.6 Å². The van der Waals surface area contributed by atoms with Crippen molar-refractivity contribution in [3.05, 3.63) is 17.5 Å². The molecule has 0 aliphatic heterocycles. The van der Waals surface area contributed by atoms with E-state index in [1.807, 2.05) is 24.9 Å². The Morgan fingerprint density at radius 1 is 1.61 bits per heavy atom. The third-order valence-electron chi connectivity index (χ3n) is 3.95. The van der Waals surface area contributed by atoms with E-state index in [9.17, 15) is 5.11 Å². The topological polar surface area (TPSA) is 50.1 Å². The highest BCUT2D eigenvalue weighted by atomic mass is 16.3. The maximum atomic E-state index is 10.5. The molecule has 2 atom stereocenters. The fourth-order valence-electron chi connectivity index (χ4n) is 3.04. The Kier molecular flexibility index (Phi) is 4.07. The van der Waals surface area contributed by atoms with Crippen LogP contribution in [0.15, 0.2) is 6.20 Å². The van der Waals surface area contributed by atoms with Gasteiger partial charge in [0, 0.05) is 31.9 Å². The van der Waals surface area contributed by atoms with Crippen LogP contribution in [0.25, 0.3) is 0 Å². The number of rotatable bonds is 4. The number of aliphatic hydroxyl groups is 1. The summed E-state index contributed by atoms with van der Waals surface area (Å²) in [5, 5.41) is 18.2. The molecular formula is C14H25N3O. The summed E-state index contributed by atoms with van der Waals surface area (Å²) in [4.78, 5) is 0. The van der Waals surface area contributed by atoms with Crippen LogP contribution in [-0.4, -0.2) is 27.0 Å². The summed E-state index contributed by atoms with van der Waals surface area (Å²) in [5.41, 5.74) is 1.77. The predicted molar refractivity (Wildman–Crippen MR) is 72.2 cm³/mol. The van der Waals surface area contributed by atoms with E-state index >= 15 is 0 Å². The lowest BCUT2D eigenvalue weighted by molar-refractivity contribution is -0.0119. The molecule has 4 heteroatoms. The molecule has 4 nitrogen and oxygen atoms in total. The predicted octanol–water partition coefficient (Wildman–Crippen LogP) is 1.76. The molecule has 0 saturated heterocycles. The van der Waals surface area contributed by atoms with Crippen LogP contribution in [0.5, 0.6) is 0 Å². The van der Waals surface area contributed by atoms with Gasteiger partial charge in [-0.2, -0.15) is 5.10 Å². The van der Waals surface area contributed by atoms with Crippen LogP contribution < -0.4 is 5.32 Å². The molecule has 1 aromatic heterocycles. The van der Waals surface area contributed by atoms with E-state index in [2.05, 4.69) is 17.3 Å². The van der Waals surface area contributed by atoms with Crippen LogP contribution in [0, 0.1) is 12.8 Å². The first-order valence-electron chi connectivity index (χ1n) is 6.91. The average molecular weight is 251 g/mol. The highest BCUT2D eigenvalue weighted by Crippen LogP contribution is 2.31. The van der Waals surface area contributed by atoms with E-state index in [4.69, 9.17) is 0 Å². The minimum Gasteiger partial charge on any atom is -0.389 e. The fraction of sp³-hybridized carbons (Fsp3) is 0.786. The van der Waals surface area contributed by atoms with Gasteiger partial charge < -0.3 is 10.4 Å². The molecule has 1 saturated carbocycles. The molecule has 1 aliphatic rings. The molecule has 0 amide bonds. The third-order valence-corrected chi connectivity index (χ3v) is 3.95. The maximum absolute atomic E-state index is 10.5. The van der Waals surface area contributed by atoms with Crippen molar-refractivity contribution in [3.63, 3.8) is 0 Å². The smallest absolute Gasteiger partial charge is 0.0774 e. The Balaban J connectivity index is 1.83. The lowest BCUT2D eigenvalue weighted by Crippen LogP contribution is -2.43. The molecule has 2 unspecified atom stereocenters. The molecule has 0 aromatic carbocycles. The number of aromatic nitrogens is 2. The van der Waals surface area contributed by atoms with Crippen LogP contribution >= 0.6 is 0 Å². The van der Waals surface area contributed by atoms with Gasteiger partial charge in [0.15, 0.2) is 0 Å². The van der Waals surface area contributed by atoms with Crippen molar-refractivity contribution < 1.29 is 5.11 Å². The summed E-state index contributed by atoms with van der Waals surface area (Å²) in [5.74, 6) is 0.644. The van der Waals surface area contributed by atoms with E-state index in [-0.39, 0.29) is 0 Å². The second kappa shape index (κ2) is 5.41. The van der Waals surface area contributed by atoms with E-state index < -0.39 is 5.60 Å². The standard InChI is InChI=1S/C14H25N3O/c1-11-5-4-6-14(18,7-11)10-15-8-13-9-17(3)16-12(13)2/h9,11,15,18H,4-8,10H2,1-3H3. The molecule has 0 spiro atoms.